The standard InChI is InChI=1S/C2H5.3K/c1-2;;;/h1H2,2H3;;;/q-1;3*+1. The molecule has 0 aliphatic rings. The van der Waals surface area contributed by atoms with Crippen molar-refractivity contribution in [2.45, 2.75) is 6.92 Å². The van der Waals surface area contributed by atoms with Crippen molar-refractivity contribution in [3.8, 4) is 0 Å². The van der Waals surface area contributed by atoms with Gasteiger partial charge < -0.3 is 6.92 Å². The molecule has 0 bridgehead atoms. The average Bonchev–Trinajstić information content (AvgIpc) is 1.00. The second kappa shape index (κ2) is 23.1. The van der Waals surface area contributed by atoms with Crippen molar-refractivity contribution in [3.05, 3.63) is 6.92 Å². The van der Waals surface area contributed by atoms with Gasteiger partial charge >= 0.3 is 154 Å². The molecule has 0 rings (SSSR count). The Morgan fingerprint density at radius 3 is 0.800 bits per heavy atom. The second-order valence-corrected chi connectivity index (χ2v) is 0. The molecular weight excluding hydrogens is 141 g/mol. The molecule has 3 heteroatoms. The van der Waals surface area contributed by atoms with Gasteiger partial charge in [0.15, 0.2) is 0 Å². The third kappa shape index (κ3) is 17.6. The maximum atomic E-state index is 3.25. The van der Waals surface area contributed by atoms with Crippen LogP contribution in [-0.2, 0) is 0 Å². The molecule has 0 atom stereocenters. The van der Waals surface area contributed by atoms with E-state index >= 15 is 0 Å². The Morgan fingerprint density at radius 2 is 0.800 bits per heavy atom. The fourth-order valence-corrected chi connectivity index (χ4v) is 0. The van der Waals surface area contributed by atoms with Crippen LogP contribution < -0.4 is 154 Å². The Balaban J connectivity index is -0.00000000167. The molecule has 0 N–H and O–H groups in total. The van der Waals surface area contributed by atoms with Gasteiger partial charge in [-0.05, 0) is 0 Å². The normalized spacial score (nSPS) is 1.20. The first kappa shape index (κ1) is 22.5. The minimum atomic E-state index is 0. The third-order valence-electron chi connectivity index (χ3n) is 0. The molecule has 0 nitrogen and oxygen atoms in total. The van der Waals surface area contributed by atoms with E-state index in [1.54, 1.807) is 6.92 Å². The summed E-state index contributed by atoms with van der Waals surface area (Å²) in [7, 11) is 0. The Bertz CT molecular complexity index is 4.85. The summed E-state index contributed by atoms with van der Waals surface area (Å²) >= 11 is 0. The van der Waals surface area contributed by atoms with Crippen LogP contribution in [0.1, 0.15) is 6.92 Å². The predicted molar refractivity (Wildman–Crippen MR) is 11.0 cm³/mol. The number of rotatable bonds is 0. The Kier molecular flexibility index (Phi) is 104. The fourth-order valence-electron chi connectivity index (χ4n) is 0. The quantitative estimate of drug-likeness (QED) is 0.235. The van der Waals surface area contributed by atoms with Crippen LogP contribution in [0.2, 0.25) is 0 Å². The van der Waals surface area contributed by atoms with Gasteiger partial charge in [0.05, 0.1) is 0 Å². The van der Waals surface area contributed by atoms with Crippen molar-refractivity contribution < 1.29 is 154 Å². The molecule has 0 saturated heterocycles. The topological polar surface area (TPSA) is 0 Å². The molecule has 0 aliphatic heterocycles. The summed E-state index contributed by atoms with van der Waals surface area (Å²) in [4.78, 5) is 0. The molecule has 0 spiro atoms. The van der Waals surface area contributed by atoms with Crippen molar-refractivity contribution in [2.75, 3.05) is 0 Å². The predicted octanol–water partition coefficient (Wildman–Crippen LogP) is -8.15. The molecule has 14 valence electrons. The van der Waals surface area contributed by atoms with E-state index in [-0.39, 0.29) is 154 Å². The average molecular weight is 146 g/mol. The SMILES string of the molecule is [CH2-]C.[K+].[K+].[K+]. The Hall–Kier alpha value is 4.91. The van der Waals surface area contributed by atoms with Crippen molar-refractivity contribution in [1.29, 1.82) is 0 Å². The zero-order chi connectivity index (χ0) is 2.00. The van der Waals surface area contributed by atoms with E-state index in [1.807, 2.05) is 0 Å². The first-order chi connectivity index (χ1) is 1.00. The summed E-state index contributed by atoms with van der Waals surface area (Å²) in [6.45, 7) is 5.00. The summed E-state index contributed by atoms with van der Waals surface area (Å²) in [6.07, 6.45) is 0. The van der Waals surface area contributed by atoms with E-state index in [0.717, 1.165) is 0 Å². The molecule has 0 fully saturated rings. The van der Waals surface area contributed by atoms with E-state index in [0.29, 0.717) is 0 Å². The first-order valence-electron chi connectivity index (χ1n) is 0.707. The molecule has 5 heavy (non-hydrogen) atoms. The summed E-state index contributed by atoms with van der Waals surface area (Å²) in [5.41, 5.74) is 0. The number of hydrogen-bond acceptors (Lipinski definition) is 0. The maximum absolute atomic E-state index is 3.25. The van der Waals surface area contributed by atoms with Gasteiger partial charge in [0.25, 0.3) is 0 Å². The molecule has 0 aromatic carbocycles. The van der Waals surface area contributed by atoms with Crippen LogP contribution in [0.3, 0.4) is 0 Å². The van der Waals surface area contributed by atoms with Gasteiger partial charge in [-0.3, -0.25) is 0 Å². The van der Waals surface area contributed by atoms with Gasteiger partial charge in [0, 0.05) is 0 Å². The zero-order valence-corrected chi connectivity index (χ0v) is 14.1. The Labute approximate surface area is 162 Å². The summed E-state index contributed by atoms with van der Waals surface area (Å²) < 4.78 is 0. The minimum Gasteiger partial charge on any atom is -0.346 e. The minimum absolute atomic E-state index is 0. The van der Waals surface area contributed by atoms with Crippen LogP contribution in [0.15, 0.2) is 0 Å². The molecule has 0 aromatic heterocycles. The van der Waals surface area contributed by atoms with Crippen molar-refractivity contribution in [3.63, 3.8) is 0 Å². The van der Waals surface area contributed by atoms with Crippen molar-refractivity contribution in [2.24, 2.45) is 0 Å². The van der Waals surface area contributed by atoms with E-state index in [4.69, 9.17) is 0 Å². The summed E-state index contributed by atoms with van der Waals surface area (Å²) in [5, 5.41) is 0. The van der Waals surface area contributed by atoms with E-state index in [9.17, 15) is 0 Å². The van der Waals surface area contributed by atoms with Gasteiger partial charge in [-0.1, -0.05) is 0 Å². The second-order valence-electron chi connectivity index (χ2n) is 0. The summed E-state index contributed by atoms with van der Waals surface area (Å²) in [5.74, 6) is 0. The van der Waals surface area contributed by atoms with E-state index in [2.05, 4.69) is 6.92 Å². The third-order valence-corrected chi connectivity index (χ3v) is 0. The molecular formula is C2H5K3+2. The molecule has 0 aromatic rings. The van der Waals surface area contributed by atoms with Crippen molar-refractivity contribution in [1.82, 2.24) is 0 Å². The largest absolute Gasteiger partial charge is 1.00 e. The molecule has 0 heterocycles. The van der Waals surface area contributed by atoms with Crippen LogP contribution in [0, 0.1) is 6.92 Å². The van der Waals surface area contributed by atoms with Crippen LogP contribution in [0.5, 0.6) is 0 Å². The van der Waals surface area contributed by atoms with E-state index in [1.165, 1.54) is 0 Å². The Morgan fingerprint density at radius 1 is 0.800 bits per heavy atom. The number of hydrogen-bond donors (Lipinski definition) is 0. The molecule has 0 saturated carbocycles. The monoisotopic (exact) mass is 146 g/mol. The van der Waals surface area contributed by atoms with Crippen molar-refractivity contribution >= 4 is 0 Å². The molecule has 0 unspecified atom stereocenters. The van der Waals surface area contributed by atoms with Crippen LogP contribution in [-0.4, -0.2) is 0 Å². The van der Waals surface area contributed by atoms with E-state index < -0.39 is 0 Å². The first-order valence-corrected chi connectivity index (χ1v) is 0.707. The molecule has 0 aliphatic carbocycles. The summed E-state index contributed by atoms with van der Waals surface area (Å²) in [6, 6.07) is 0. The van der Waals surface area contributed by atoms with Crippen LogP contribution in [0.4, 0.5) is 0 Å². The fraction of sp³-hybridized carbons (Fsp3) is 0.500. The van der Waals surface area contributed by atoms with Crippen LogP contribution >= 0.6 is 0 Å². The van der Waals surface area contributed by atoms with Gasteiger partial charge in [-0.25, -0.2) is 0 Å². The van der Waals surface area contributed by atoms with Gasteiger partial charge in [-0.15, -0.1) is 0 Å². The molecule has 0 radical (unpaired) electrons. The zero-order valence-electron chi connectivity index (χ0n) is 4.71. The maximum Gasteiger partial charge on any atom is 1.00 e. The van der Waals surface area contributed by atoms with Crippen LogP contribution in [0.25, 0.3) is 0 Å². The van der Waals surface area contributed by atoms with Gasteiger partial charge in [-0.2, -0.15) is 6.92 Å². The smallest absolute Gasteiger partial charge is 0.346 e. The molecule has 0 amide bonds. The van der Waals surface area contributed by atoms with Gasteiger partial charge in [0.1, 0.15) is 0 Å². The van der Waals surface area contributed by atoms with Gasteiger partial charge in [0.2, 0.25) is 0 Å².